The minimum Gasteiger partial charge on any atom is -0.392 e. The van der Waals surface area contributed by atoms with Crippen LogP contribution >= 0.6 is 11.6 Å². The van der Waals surface area contributed by atoms with Gasteiger partial charge in [-0.2, -0.15) is 0 Å². The molecule has 0 aliphatic rings. The van der Waals surface area contributed by atoms with E-state index in [0.717, 1.165) is 24.0 Å². The molecule has 2 rings (SSSR count). The number of aliphatic hydroxyl groups is 1. The van der Waals surface area contributed by atoms with Gasteiger partial charge in [-0.15, -0.1) is 0 Å². The molecule has 23 heavy (non-hydrogen) atoms. The van der Waals surface area contributed by atoms with Gasteiger partial charge < -0.3 is 5.11 Å². The van der Waals surface area contributed by atoms with Crippen molar-refractivity contribution in [1.82, 2.24) is 0 Å². The molecule has 2 aromatic carbocycles. The highest BCUT2D eigenvalue weighted by molar-refractivity contribution is 6.30. The molecule has 2 aromatic rings. The summed E-state index contributed by atoms with van der Waals surface area (Å²) in [6.45, 7) is 2.08. The zero-order valence-corrected chi connectivity index (χ0v) is 13.7. The van der Waals surface area contributed by atoms with E-state index in [1.807, 2.05) is 12.1 Å². The summed E-state index contributed by atoms with van der Waals surface area (Å²) in [6.07, 6.45) is 2.07. The minimum atomic E-state index is -0.544. The summed E-state index contributed by atoms with van der Waals surface area (Å²) in [5, 5.41) is 22.1. The molecule has 0 saturated carbocycles. The molecule has 0 radical (unpaired) electrons. The average molecular weight is 334 g/mol. The molecule has 2 unspecified atom stereocenters. The van der Waals surface area contributed by atoms with Crippen LogP contribution in [0.1, 0.15) is 43.2 Å². The van der Waals surface area contributed by atoms with E-state index in [9.17, 15) is 15.2 Å². The van der Waals surface area contributed by atoms with Gasteiger partial charge in [-0.05, 0) is 29.7 Å². The predicted molar refractivity (Wildman–Crippen MR) is 91.9 cm³/mol. The number of non-ortho nitro benzene ring substituents is 1. The van der Waals surface area contributed by atoms with Crippen molar-refractivity contribution in [2.75, 3.05) is 0 Å². The number of nitro benzene ring substituents is 1. The Morgan fingerprint density at radius 1 is 1.09 bits per heavy atom. The Balaban J connectivity index is 2.35. The third-order valence-corrected chi connectivity index (χ3v) is 4.18. The third kappa shape index (κ3) is 4.53. The maximum Gasteiger partial charge on any atom is 0.269 e. The highest BCUT2D eigenvalue weighted by Gasteiger charge is 2.23. The van der Waals surface area contributed by atoms with E-state index in [0.29, 0.717) is 11.4 Å². The Hall–Kier alpha value is -1.91. The normalized spacial score (nSPS) is 13.5. The fourth-order valence-corrected chi connectivity index (χ4v) is 2.82. The largest absolute Gasteiger partial charge is 0.392 e. The van der Waals surface area contributed by atoms with Gasteiger partial charge in [-0.25, -0.2) is 0 Å². The number of hydrogen-bond donors (Lipinski definition) is 1. The van der Waals surface area contributed by atoms with Crippen LogP contribution in [-0.2, 0) is 0 Å². The second kappa shape index (κ2) is 8.09. The van der Waals surface area contributed by atoms with Crippen LogP contribution in [0.5, 0.6) is 0 Å². The van der Waals surface area contributed by atoms with Gasteiger partial charge in [0.15, 0.2) is 0 Å². The molecule has 0 aliphatic heterocycles. The van der Waals surface area contributed by atoms with Crippen LogP contribution in [0.25, 0.3) is 0 Å². The Morgan fingerprint density at radius 2 is 1.61 bits per heavy atom. The monoisotopic (exact) mass is 333 g/mol. The lowest BCUT2D eigenvalue weighted by Gasteiger charge is -2.24. The number of aliphatic hydroxyl groups excluding tert-OH is 1. The minimum absolute atomic E-state index is 0.0478. The van der Waals surface area contributed by atoms with Crippen molar-refractivity contribution in [3.63, 3.8) is 0 Å². The van der Waals surface area contributed by atoms with Crippen LogP contribution in [0.15, 0.2) is 48.5 Å². The van der Waals surface area contributed by atoms with Gasteiger partial charge in [0.05, 0.1) is 11.0 Å². The van der Waals surface area contributed by atoms with Gasteiger partial charge in [0.25, 0.3) is 5.69 Å². The number of nitro groups is 1. The fourth-order valence-electron chi connectivity index (χ4n) is 2.69. The molecule has 0 fully saturated rings. The first-order valence-electron chi connectivity index (χ1n) is 7.70. The second-order valence-corrected chi connectivity index (χ2v) is 6.02. The van der Waals surface area contributed by atoms with Crippen LogP contribution < -0.4 is 0 Å². The van der Waals surface area contributed by atoms with Gasteiger partial charge in [0.2, 0.25) is 0 Å². The predicted octanol–water partition coefficient (Wildman–Crippen LogP) is 4.93. The fraction of sp³-hybridized carbons (Fsp3) is 0.333. The Bertz CT molecular complexity index is 640. The van der Waals surface area contributed by atoms with Crippen molar-refractivity contribution in [3.8, 4) is 0 Å². The van der Waals surface area contributed by atoms with Gasteiger partial charge in [-0.1, -0.05) is 55.6 Å². The third-order valence-electron chi connectivity index (χ3n) is 3.93. The van der Waals surface area contributed by atoms with E-state index in [1.165, 1.54) is 12.1 Å². The molecule has 5 heteroatoms. The lowest BCUT2D eigenvalue weighted by molar-refractivity contribution is -0.384. The SMILES string of the molecule is CCCCC(O)C(c1ccc(Cl)cc1)c1ccc([N+](=O)[O-])cc1. The molecule has 0 saturated heterocycles. The average Bonchev–Trinajstić information content (AvgIpc) is 2.55. The van der Waals surface area contributed by atoms with Gasteiger partial charge in [0.1, 0.15) is 0 Å². The lowest BCUT2D eigenvalue weighted by Crippen LogP contribution is -2.19. The molecule has 0 aromatic heterocycles. The van der Waals surface area contributed by atoms with Crippen molar-refractivity contribution in [2.24, 2.45) is 0 Å². The van der Waals surface area contributed by atoms with E-state index < -0.39 is 11.0 Å². The number of hydrogen-bond acceptors (Lipinski definition) is 3. The van der Waals surface area contributed by atoms with Crippen molar-refractivity contribution in [1.29, 1.82) is 0 Å². The molecule has 122 valence electrons. The molecular formula is C18H20ClNO3. The van der Waals surface area contributed by atoms with Crippen LogP contribution in [0.3, 0.4) is 0 Å². The Kier molecular flexibility index (Phi) is 6.13. The number of halogens is 1. The summed E-state index contributed by atoms with van der Waals surface area (Å²) in [7, 11) is 0. The van der Waals surface area contributed by atoms with E-state index >= 15 is 0 Å². The topological polar surface area (TPSA) is 63.4 Å². The van der Waals surface area contributed by atoms with Crippen molar-refractivity contribution >= 4 is 17.3 Å². The van der Waals surface area contributed by atoms with Crippen molar-refractivity contribution in [2.45, 2.75) is 38.2 Å². The van der Waals surface area contributed by atoms with Crippen LogP contribution in [0.4, 0.5) is 5.69 Å². The molecule has 1 N–H and O–H groups in total. The highest BCUT2D eigenvalue weighted by atomic mass is 35.5. The first-order valence-corrected chi connectivity index (χ1v) is 8.08. The number of rotatable bonds is 7. The first kappa shape index (κ1) is 17.4. The second-order valence-electron chi connectivity index (χ2n) is 5.59. The number of unbranched alkanes of at least 4 members (excludes halogenated alkanes) is 1. The van der Waals surface area contributed by atoms with E-state index in [-0.39, 0.29) is 11.6 Å². The number of nitrogens with zero attached hydrogens (tertiary/aromatic N) is 1. The smallest absolute Gasteiger partial charge is 0.269 e. The van der Waals surface area contributed by atoms with Crippen molar-refractivity contribution in [3.05, 3.63) is 74.8 Å². The van der Waals surface area contributed by atoms with Crippen molar-refractivity contribution < 1.29 is 10.0 Å². The van der Waals surface area contributed by atoms with Gasteiger partial charge in [-0.3, -0.25) is 10.1 Å². The first-order chi connectivity index (χ1) is 11.0. The van der Waals surface area contributed by atoms with Crippen LogP contribution in [-0.4, -0.2) is 16.1 Å². The maximum atomic E-state index is 10.8. The standard InChI is InChI=1S/C18H20ClNO3/c1-2-3-4-17(21)18(13-5-9-15(19)10-6-13)14-7-11-16(12-8-14)20(22)23/h5-12,17-18,21H,2-4H2,1H3. The van der Waals surface area contributed by atoms with E-state index in [1.54, 1.807) is 24.3 Å². The van der Waals surface area contributed by atoms with Crippen LogP contribution in [0.2, 0.25) is 5.02 Å². The van der Waals surface area contributed by atoms with Gasteiger partial charge in [0, 0.05) is 23.1 Å². The van der Waals surface area contributed by atoms with E-state index in [4.69, 9.17) is 11.6 Å². The van der Waals surface area contributed by atoms with E-state index in [2.05, 4.69) is 6.92 Å². The number of benzene rings is 2. The zero-order valence-electron chi connectivity index (χ0n) is 13.0. The molecule has 0 aliphatic carbocycles. The Labute approximate surface area is 140 Å². The summed E-state index contributed by atoms with van der Waals surface area (Å²) < 4.78 is 0. The highest BCUT2D eigenvalue weighted by Crippen LogP contribution is 2.32. The molecule has 4 nitrogen and oxygen atoms in total. The molecule has 0 amide bonds. The molecule has 0 bridgehead atoms. The molecule has 0 spiro atoms. The van der Waals surface area contributed by atoms with Crippen LogP contribution in [0, 0.1) is 10.1 Å². The lowest BCUT2D eigenvalue weighted by atomic mass is 9.84. The zero-order chi connectivity index (χ0) is 16.8. The molecular weight excluding hydrogens is 314 g/mol. The maximum absolute atomic E-state index is 10.8. The Morgan fingerprint density at radius 3 is 2.09 bits per heavy atom. The summed E-state index contributed by atoms with van der Waals surface area (Å²) in [6, 6.07) is 13.8. The molecule has 2 atom stereocenters. The summed E-state index contributed by atoms with van der Waals surface area (Å²) in [4.78, 5) is 10.4. The molecule has 0 heterocycles. The summed E-state index contributed by atoms with van der Waals surface area (Å²) >= 11 is 5.94. The summed E-state index contributed by atoms with van der Waals surface area (Å²) in [5.74, 6) is -0.223. The van der Waals surface area contributed by atoms with Gasteiger partial charge >= 0.3 is 0 Å². The summed E-state index contributed by atoms with van der Waals surface area (Å²) in [5.41, 5.74) is 1.86. The quantitative estimate of drug-likeness (QED) is 0.577.